The number of carboxylic acids is 1. The van der Waals surface area contributed by atoms with Crippen LogP contribution in [-0.2, 0) is 4.79 Å². The number of hydrogen-bond acceptors (Lipinski definition) is 4. The highest BCUT2D eigenvalue weighted by Crippen LogP contribution is 2.25. The Balaban J connectivity index is 1.76. The van der Waals surface area contributed by atoms with Crippen LogP contribution in [0.25, 0.3) is 11.3 Å². The second-order valence-electron chi connectivity index (χ2n) is 5.98. The van der Waals surface area contributed by atoms with Crippen LogP contribution in [0.1, 0.15) is 29.6 Å². The molecule has 0 atom stereocenters. The molecule has 1 fully saturated rings. The second-order valence-corrected chi connectivity index (χ2v) is 5.98. The van der Waals surface area contributed by atoms with Gasteiger partial charge in [-0.3, -0.25) is 9.59 Å². The number of hydrogen-bond donors (Lipinski definition) is 1. The van der Waals surface area contributed by atoms with Gasteiger partial charge in [-0.25, -0.2) is 9.97 Å². The SMILES string of the molecule is O=C(O)CC1CCN(C(=O)c2cncnc2-c2ccccc2)CC1. The Morgan fingerprint density at radius 1 is 1.17 bits per heavy atom. The van der Waals surface area contributed by atoms with E-state index in [-0.39, 0.29) is 18.2 Å². The monoisotopic (exact) mass is 325 g/mol. The summed E-state index contributed by atoms with van der Waals surface area (Å²) in [5.74, 6) is -0.724. The summed E-state index contributed by atoms with van der Waals surface area (Å²) < 4.78 is 0. The van der Waals surface area contributed by atoms with Crippen LogP contribution in [0.4, 0.5) is 0 Å². The van der Waals surface area contributed by atoms with Crippen LogP contribution in [0.5, 0.6) is 0 Å². The van der Waals surface area contributed by atoms with E-state index in [4.69, 9.17) is 5.11 Å². The molecular formula is C18H19N3O3. The predicted molar refractivity (Wildman–Crippen MR) is 88.3 cm³/mol. The molecule has 2 heterocycles. The van der Waals surface area contributed by atoms with E-state index in [0.29, 0.717) is 37.2 Å². The molecule has 124 valence electrons. The van der Waals surface area contributed by atoms with Gasteiger partial charge in [0.1, 0.15) is 6.33 Å². The van der Waals surface area contributed by atoms with Crippen LogP contribution in [0.2, 0.25) is 0 Å². The minimum Gasteiger partial charge on any atom is -0.481 e. The second kappa shape index (κ2) is 7.21. The lowest BCUT2D eigenvalue weighted by molar-refractivity contribution is -0.138. The zero-order valence-electron chi connectivity index (χ0n) is 13.3. The van der Waals surface area contributed by atoms with Crippen molar-refractivity contribution in [2.24, 2.45) is 5.92 Å². The summed E-state index contributed by atoms with van der Waals surface area (Å²) in [6, 6.07) is 9.56. The molecule has 0 radical (unpaired) electrons. The molecule has 1 aliphatic rings. The lowest BCUT2D eigenvalue weighted by Crippen LogP contribution is -2.39. The van der Waals surface area contributed by atoms with Crippen LogP contribution in [0.15, 0.2) is 42.9 Å². The van der Waals surface area contributed by atoms with Crippen molar-refractivity contribution < 1.29 is 14.7 Å². The Morgan fingerprint density at radius 3 is 2.54 bits per heavy atom. The average molecular weight is 325 g/mol. The maximum Gasteiger partial charge on any atom is 0.303 e. The Morgan fingerprint density at radius 2 is 1.88 bits per heavy atom. The van der Waals surface area contributed by atoms with E-state index in [1.165, 1.54) is 6.33 Å². The number of benzene rings is 1. The minimum absolute atomic E-state index is 0.0942. The van der Waals surface area contributed by atoms with Crippen LogP contribution >= 0.6 is 0 Å². The summed E-state index contributed by atoms with van der Waals surface area (Å²) in [7, 11) is 0. The lowest BCUT2D eigenvalue weighted by Gasteiger charge is -2.31. The molecule has 1 saturated heterocycles. The van der Waals surface area contributed by atoms with Crippen molar-refractivity contribution in [1.29, 1.82) is 0 Å². The zero-order chi connectivity index (χ0) is 16.9. The van der Waals surface area contributed by atoms with Crippen molar-refractivity contribution in [2.75, 3.05) is 13.1 Å². The van der Waals surface area contributed by atoms with Gasteiger partial charge in [0.25, 0.3) is 5.91 Å². The van der Waals surface area contributed by atoms with Gasteiger partial charge in [-0.15, -0.1) is 0 Å². The summed E-state index contributed by atoms with van der Waals surface area (Å²) in [5, 5.41) is 8.88. The Bertz CT molecular complexity index is 725. The molecule has 6 heteroatoms. The molecule has 1 N–H and O–H groups in total. The fraction of sp³-hybridized carbons (Fsp3) is 0.333. The van der Waals surface area contributed by atoms with Gasteiger partial charge in [-0.05, 0) is 18.8 Å². The molecule has 1 aromatic heterocycles. The van der Waals surface area contributed by atoms with Crippen LogP contribution in [-0.4, -0.2) is 44.9 Å². The quantitative estimate of drug-likeness (QED) is 0.933. The zero-order valence-corrected chi connectivity index (χ0v) is 13.3. The van der Waals surface area contributed by atoms with E-state index >= 15 is 0 Å². The number of nitrogens with zero attached hydrogens (tertiary/aromatic N) is 3. The highest BCUT2D eigenvalue weighted by molar-refractivity contribution is 5.99. The molecule has 24 heavy (non-hydrogen) atoms. The van der Waals surface area contributed by atoms with Crippen molar-refractivity contribution in [3.8, 4) is 11.3 Å². The fourth-order valence-corrected chi connectivity index (χ4v) is 3.07. The molecule has 6 nitrogen and oxygen atoms in total. The molecule has 1 aliphatic heterocycles. The largest absolute Gasteiger partial charge is 0.481 e. The number of carbonyl (C=O) groups is 2. The van der Waals surface area contributed by atoms with Gasteiger partial charge in [-0.2, -0.15) is 0 Å². The third kappa shape index (κ3) is 3.59. The maximum absolute atomic E-state index is 12.9. The highest BCUT2D eigenvalue weighted by atomic mass is 16.4. The number of amides is 1. The summed E-state index contributed by atoms with van der Waals surface area (Å²) in [4.78, 5) is 33.7. The van der Waals surface area contributed by atoms with Crippen molar-refractivity contribution in [1.82, 2.24) is 14.9 Å². The van der Waals surface area contributed by atoms with Crippen molar-refractivity contribution >= 4 is 11.9 Å². The van der Waals surface area contributed by atoms with Crippen molar-refractivity contribution in [3.05, 3.63) is 48.4 Å². The molecule has 2 aromatic rings. The van der Waals surface area contributed by atoms with E-state index in [9.17, 15) is 9.59 Å². The third-order valence-electron chi connectivity index (χ3n) is 4.35. The smallest absolute Gasteiger partial charge is 0.303 e. The van der Waals surface area contributed by atoms with Gasteiger partial charge >= 0.3 is 5.97 Å². The highest BCUT2D eigenvalue weighted by Gasteiger charge is 2.26. The number of rotatable bonds is 4. The number of carbonyl (C=O) groups excluding carboxylic acids is 1. The molecule has 0 spiro atoms. The van der Waals surface area contributed by atoms with Gasteiger partial charge in [0.2, 0.25) is 0 Å². The summed E-state index contributed by atoms with van der Waals surface area (Å²) >= 11 is 0. The molecule has 1 amide bonds. The topological polar surface area (TPSA) is 83.4 Å². The van der Waals surface area contributed by atoms with E-state index < -0.39 is 5.97 Å². The van der Waals surface area contributed by atoms with E-state index in [1.807, 2.05) is 30.3 Å². The van der Waals surface area contributed by atoms with E-state index in [0.717, 1.165) is 5.56 Å². The first-order valence-electron chi connectivity index (χ1n) is 8.01. The van der Waals surface area contributed by atoms with Gasteiger partial charge in [0.05, 0.1) is 11.3 Å². The number of piperidine rings is 1. The Labute approximate surface area is 140 Å². The molecule has 3 rings (SSSR count). The van der Waals surface area contributed by atoms with E-state index in [1.54, 1.807) is 11.1 Å². The van der Waals surface area contributed by atoms with Gasteiger partial charge in [0.15, 0.2) is 0 Å². The van der Waals surface area contributed by atoms with Crippen LogP contribution < -0.4 is 0 Å². The normalized spacial score (nSPS) is 15.2. The number of carboxylic acid groups (broad SMARTS) is 1. The van der Waals surface area contributed by atoms with Crippen LogP contribution in [0.3, 0.4) is 0 Å². The number of aliphatic carboxylic acids is 1. The first-order valence-corrected chi connectivity index (χ1v) is 8.01. The summed E-state index contributed by atoms with van der Waals surface area (Å²) in [6.07, 6.45) is 4.60. The molecule has 0 aliphatic carbocycles. The Hall–Kier alpha value is -2.76. The predicted octanol–water partition coefficient (Wildman–Crippen LogP) is 2.47. The minimum atomic E-state index is -0.775. The van der Waals surface area contributed by atoms with Gasteiger partial charge < -0.3 is 10.0 Å². The standard InChI is InChI=1S/C18H19N3O3/c22-16(23)10-13-6-8-21(9-7-13)18(24)15-11-19-12-20-17(15)14-4-2-1-3-5-14/h1-5,11-13H,6-10H2,(H,22,23). The number of aromatic nitrogens is 2. The Kier molecular flexibility index (Phi) is 4.84. The van der Waals surface area contributed by atoms with Gasteiger partial charge in [0, 0.05) is 31.3 Å². The third-order valence-corrected chi connectivity index (χ3v) is 4.35. The van der Waals surface area contributed by atoms with E-state index in [2.05, 4.69) is 9.97 Å². The fourth-order valence-electron chi connectivity index (χ4n) is 3.07. The summed E-state index contributed by atoms with van der Waals surface area (Å²) in [5.41, 5.74) is 1.99. The lowest BCUT2D eigenvalue weighted by atomic mass is 9.93. The van der Waals surface area contributed by atoms with Crippen molar-refractivity contribution in [3.63, 3.8) is 0 Å². The first kappa shape index (κ1) is 16.1. The summed E-state index contributed by atoms with van der Waals surface area (Å²) in [6.45, 7) is 1.14. The molecular weight excluding hydrogens is 306 g/mol. The maximum atomic E-state index is 12.9. The van der Waals surface area contributed by atoms with Crippen molar-refractivity contribution in [2.45, 2.75) is 19.3 Å². The molecule has 0 saturated carbocycles. The average Bonchev–Trinajstić information content (AvgIpc) is 2.62. The van der Waals surface area contributed by atoms with Crippen LogP contribution in [0, 0.1) is 5.92 Å². The molecule has 0 bridgehead atoms. The molecule has 1 aromatic carbocycles. The molecule has 0 unspecified atom stereocenters. The first-order chi connectivity index (χ1) is 11.6. The van der Waals surface area contributed by atoms with Gasteiger partial charge in [-0.1, -0.05) is 30.3 Å². The number of likely N-dealkylation sites (tertiary alicyclic amines) is 1.